The minimum absolute atomic E-state index is 0.102. The maximum absolute atomic E-state index is 12.0. The minimum Gasteiger partial charge on any atom is -0.478 e. The smallest absolute Gasteiger partial charge is 0.335 e. The Hall–Kier alpha value is -2.21. The molecule has 2 rings (SSSR count). The second-order valence-corrected chi connectivity index (χ2v) is 5.29. The van der Waals surface area contributed by atoms with Gasteiger partial charge in [0.2, 0.25) is 0 Å². The number of carboxylic acid groups (broad SMARTS) is 1. The first-order valence-corrected chi connectivity index (χ1v) is 6.97. The number of benzene rings is 1. The number of hydrogen-bond acceptors (Lipinski definition) is 4. The number of nitrogens with one attached hydrogen (secondary N) is 1. The Morgan fingerprint density at radius 3 is 2.80 bits per heavy atom. The molecular weight excluding hydrogens is 276 g/mol. The van der Waals surface area contributed by atoms with Gasteiger partial charge in [-0.05, 0) is 18.2 Å². The van der Waals surface area contributed by atoms with Crippen LogP contribution in [-0.2, 0) is 0 Å². The molecule has 1 unspecified atom stereocenters. The quantitative estimate of drug-likeness (QED) is 0.886. The fourth-order valence-electron chi connectivity index (χ4n) is 1.71. The summed E-state index contributed by atoms with van der Waals surface area (Å²) >= 11 is 1.54. The summed E-state index contributed by atoms with van der Waals surface area (Å²) in [5, 5.41) is 14.5. The molecule has 0 bridgehead atoms. The van der Waals surface area contributed by atoms with Crippen LogP contribution in [0.1, 0.15) is 38.6 Å². The SMILES string of the molecule is CC(CNC(=O)c1cccc(C(=O)O)c1)c1nccs1. The highest BCUT2D eigenvalue weighted by molar-refractivity contribution is 7.09. The molecule has 1 amide bonds. The van der Waals surface area contributed by atoms with Crippen LogP contribution in [0.2, 0.25) is 0 Å². The lowest BCUT2D eigenvalue weighted by molar-refractivity contribution is 0.0697. The molecule has 0 aliphatic rings. The number of hydrogen-bond donors (Lipinski definition) is 2. The van der Waals surface area contributed by atoms with E-state index in [0.717, 1.165) is 5.01 Å². The summed E-state index contributed by atoms with van der Waals surface area (Å²) in [4.78, 5) is 27.0. The number of rotatable bonds is 5. The fourth-order valence-corrected chi connectivity index (χ4v) is 2.40. The van der Waals surface area contributed by atoms with Gasteiger partial charge in [-0.1, -0.05) is 13.0 Å². The Bertz CT molecular complexity index is 611. The molecule has 5 nitrogen and oxygen atoms in total. The lowest BCUT2D eigenvalue weighted by Crippen LogP contribution is -2.27. The van der Waals surface area contributed by atoms with E-state index in [0.29, 0.717) is 12.1 Å². The molecule has 0 spiro atoms. The zero-order chi connectivity index (χ0) is 14.5. The van der Waals surface area contributed by atoms with Gasteiger partial charge in [0, 0.05) is 29.6 Å². The highest BCUT2D eigenvalue weighted by Gasteiger charge is 2.12. The predicted molar refractivity (Wildman–Crippen MR) is 76.3 cm³/mol. The summed E-state index contributed by atoms with van der Waals surface area (Å²) in [5.41, 5.74) is 0.446. The van der Waals surface area contributed by atoms with Crippen molar-refractivity contribution in [1.82, 2.24) is 10.3 Å². The largest absolute Gasteiger partial charge is 0.478 e. The number of carboxylic acids is 1. The van der Waals surface area contributed by atoms with Crippen LogP contribution in [0.4, 0.5) is 0 Å². The molecule has 0 saturated carbocycles. The van der Waals surface area contributed by atoms with Crippen molar-refractivity contribution in [3.05, 3.63) is 52.0 Å². The molecule has 1 heterocycles. The highest BCUT2D eigenvalue weighted by Crippen LogP contribution is 2.16. The van der Waals surface area contributed by atoms with Crippen molar-refractivity contribution in [2.45, 2.75) is 12.8 Å². The molecule has 20 heavy (non-hydrogen) atoms. The van der Waals surface area contributed by atoms with Gasteiger partial charge < -0.3 is 10.4 Å². The first-order chi connectivity index (χ1) is 9.58. The summed E-state index contributed by atoms with van der Waals surface area (Å²) in [5.74, 6) is -1.20. The number of amides is 1. The van der Waals surface area contributed by atoms with Crippen LogP contribution in [0.15, 0.2) is 35.8 Å². The average molecular weight is 290 g/mol. The molecule has 0 aliphatic heterocycles. The molecule has 1 atom stereocenters. The van der Waals surface area contributed by atoms with E-state index < -0.39 is 5.97 Å². The van der Waals surface area contributed by atoms with Gasteiger partial charge in [0.05, 0.1) is 10.6 Å². The molecule has 0 aliphatic carbocycles. The van der Waals surface area contributed by atoms with Gasteiger partial charge >= 0.3 is 5.97 Å². The first kappa shape index (κ1) is 14.2. The highest BCUT2D eigenvalue weighted by atomic mass is 32.1. The molecule has 0 fully saturated rings. The molecule has 104 valence electrons. The summed E-state index contributed by atoms with van der Waals surface area (Å²) in [6.45, 7) is 2.44. The Kier molecular flexibility index (Phi) is 4.47. The van der Waals surface area contributed by atoms with E-state index in [1.807, 2.05) is 12.3 Å². The van der Waals surface area contributed by atoms with Crippen molar-refractivity contribution >= 4 is 23.2 Å². The summed E-state index contributed by atoms with van der Waals surface area (Å²) in [6, 6.07) is 5.97. The predicted octanol–water partition coefficient (Wildman–Crippen LogP) is 2.37. The summed E-state index contributed by atoms with van der Waals surface area (Å²) in [6.07, 6.45) is 1.73. The van der Waals surface area contributed by atoms with E-state index in [1.165, 1.54) is 12.1 Å². The van der Waals surface area contributed by atoms with E-state index in [-0.39, 0.29) is 17.4 Å². The molecule has 2 aromatic rings. The van der Waals surface area contributed by atoms with E-state index in [1.54, 1.807) is 29.7 Å². The van der Waals surface area contributed by atoms with Crippen LogP contribution in [0.25, 0.3) is 0 Å². The first-order valence-electron chi connectivity index (χ1n) is 6.09. The molecule has 0 saturated heterocycles. The van der Waals surface area contributed by atoms with Gasteiger partial charge in [-0.3, -0.25) is 4.79 Å². The van der Waals surface area contributed by atoms with Crippen LogP contribution in [0, 0.1) is 0 Å². The van der Waals surface area contributed by atoms with Crippen molar-refractivity contribution in [2.24, 2.45) is 0 Å². The minimum atomic E-state index is -1.05. The molecule has 0 radical (unpaired) electrons. The second kappa shape index (κ2) is 6.29. The third kappa shape index (κ3) is 3.42. The number of nitrogens with zero attached hydrogens (tertiary/aromatic N) is 1. The van der Waals surface area contributed by atoms with Gasteiger partial charge in [0.25, 0.3) is 5.91 Å². The lowest BCUT2D eigenvalue weighted by atomic mass is 10.1. The number of aromatic nitrogens is 1. The molecule has 6 heteroatoms. The Morgan fingerprint density at radius 2 is 2.15 bits per heavy atom. The van der Waals surface area contributed by atoms with Crippen molar-refractivity contribution in [3.63, 3.8) is 0 Å². The van der Waals surface area contributed by atoms with Gasteiger partial charge in [0.15, 0.2) is 0 Å². The third-order valence-corrected chi connectivity index (χ3v) is 3.82. The second-order valence-electron chi connectivity index (χ2n) is 4.37. The van der Waals surface area contributed by atoms with E-state index in [2.05, 4.69) is 10.3 Å². The van der Waals surface area contributed by atoms with E-state index in [9.17, 15) is 9.59 Å². The van der Waals surface area contributed by atoms with Crippen molar-refractivity contribution < 1.29 is 14.7 Å². The Morgan fingerprint density at radius 1 is 1.40 bits per heavy atom. The third-order valence-electron chi connectivity index (χ3n) is 2.81. The molecule has 2 N–H and O–H groups in total. The van der Waals surface area contributed by atoms with Gasteiger partial charge in [-0.25, -0.2) is 9.78 Å². The van der Waals surface area contributed by atoms with Crippen LogP contribution in [0.5, 0.6) is 0 Å². The average Bonchev–Trinajstić information content (AvgIpc) is 2.98. The molecule has 1 aromatic heterocycles. The van der Waals surface area contributed by atoms with Gasteiger partial charge in [0.1, 0.15) is 0 Å². The topological polar surface area (TPSA) is 79.3 Å². The molecule has 1 aromatic carbocycles. The monoisotopic (exact) mass is 290 g/mol. The lowest BCUT2D eigenvalue weighted by Gasteiger charge is -2.10. The number of aromatic carboxylic acids is 1. The zero-order valence-corrected chi connectivity index (χ0v) is 11.7. The van der Waals surface area contributed by atoms with Gasteiger partial charge in [-0.15, -0.1) is 11.3 Å². The van der Waals surface area contributed by atoms with Crippen molar-refractivity contribution in [2.75, 3.05) is 6.54 Å². The Balaban J connectivity index is 1.98. The number of thiazole rings is 1. The van der Waals surface area contributed by atoms with Gasteiger partial charge in [-0.2, -0.15) is 0 Å². The van der Waals surface area contributed by atoms with E-state index in [4.69, 9.17) is 5.11 Å². The summed E-state index contributed by atoms with van der Waals surface area (Å²) in [7, 11) is 0. The number of carbonyl (C=O) groups excluding carboxylic acids is 1. The van der Waals surface area contributed by atoms with Crippen LogP contribution in [-0.4, -0.2) is 28.5 Å². The fraction of sp³-hybridized carbons (Fsp3) is 0.214. The molecular formula is C14H14N2O3S. The summed E-state index contributed by atoms with van der Waals surface area (Å²) < 4.78 is 0. The van der Waals surface area contributed by atoms with Crippen LogP contribution < -0.4 is 5.32 Å². The zero-order valence-electron chi connectivity index (χ0n) is 10.9. The Labute approximate surface area is 120 Å². The maximum Gasteiger partial charge on any atom is 0.335 e. The normalized spacial score (nSPS) is 11.8. The number of carbonyl (C=O) groups is 2. The standard InChI is InChI=1S/C14H14N2O3S/c1-9(13-15-5-6-20-13)8-16-12(17)10-3-2-4-11(7-10)14(18)19/h2-7,9H,8H2,1H3,(H,16,17)(H,18,19). The van der Waals surface area contributed by atoms with E-state index >= 15 is 0 Å². The van der Waals surface area contributed by atoms with Crippen molar-refractivity contribution in [3.8, 4) is 0 Å². The maximum atomic E-state index is 12.0. The van der Waals surface area contributed by atoms with Crippen molar-refractivity contribution in [1.29, 1.82) is 0 Å². The van der Waals surface area contributed by atoms with Crippen LogP contribution >= 0.6 is 11.3 Å². The van der Waals surface area contributed by atoms with Crippen LogP contribution in [0.3, 0.4) is 0 Å².